The Morgan fingerprint density at radius 3 is 1.76 bits per heavy atom. The Bertz CT molecular complexity index is 1260. The Balaban J connectivity index is 1.95. The number of carbonyl (C=O) groups is 2. The van der Waals surface area contributed by atoms with Crippen molar-refractivity contribution in [2.24, 2.45) is 5.92 Å². The van der Waals surface area contributed by atoms with Crippen molar-refractivity contribution in [2.75, 3.05) is 6.61 Å². The summed E-state index contributed by atoms with van der Waals surface area (Å²) < 4.78 is 5.64. The van der Waals surface area contributed by atoms with Crippen molar-refractivity contribution in [3.05, 3.63) is 58.7 Å². The smallest absolute Gasteiger partial charge is 0.407 e. The number of aliphatic carboxylic acids is 1. The SMILES string of the molecule is CC(C)C[C@H](NC(=O)OCC1c2cc(C#C[Si](C)(C)C)ccc2-c2ccc(C#C[Si](C)(C)C)cc21)C(=O)O. The van der Waals surface area contributed by atoms with Gasteiger partial charge in [-0.05, 0) is 58.9 Å². The van der Waals surface area contributed by atoms with E-state index < -0.39 is 34.3 Å². The number of carboxylic acid groups (broad SMARTS) is 1. The molecule has 0 aromatic heterocycles. The molecule has 0 aliphatic heterocycles. The number of carboxylic acids is 1. The molecule has 1 aliphatic rings. The summed E-state index contributed by atoms with van der Waals surface area (Å²) in [7, 11) is -3.09. The molecule has 0 fully saturated rings. The number of carbonyl (C=O) groups excluding carboxylic acids is 1. The van der Waals surface area contributed by atoms with Crippen LogP contribution in [0.15, 0.2) is 36.4 Å². The Hall–Kier alpha value is -3.27. The van der Waals surface area contributed by atoms with E-state index in [-0.39, 0.29) is 18.4 Å². The first-order valence-electron chi connectivity index (χ1n) is 13.1. The highest BCUT2D eigenvalue weighted by Gasteiger charge is 2.31. The number of ether oxygens (including phenoxy) is 1. The molecule has 1 aliphatic carbocycles. The summed E-state index contributed by atoms with van der Waals surface area (Å²) >= 11 is 0. The van der Waals surface area contributed by atoms with E-state index in [9.17, 15) is 14.7 Å². The van der Waals surface area contributed by atoms with Crippen LogP contribution in [0.4, 0.5) is 4.79 Å². The van der Waals surface area contributed by atoms with Crippen molar-refractivity contribution >= 4 is 28.2 Å². The molecule has 2 aromatic rings. The van der Waals surface area contributed by atoms with Gasteiger partial charge >= 0.3 is 12.1 Å². The van der Waals surface area contributed by atoms with Crippen LogP contribution in [0.1, 0.15) is 48.4 Å². The molecule has 3 rings (SSSR count). The number of amides is 1. The standard InChI is InChI=1S/C31H39NO4Si2/c1-21(2)17-29(30(33)34)32-31(35)36-20-28-26-18-22(13-15-37(3,4)5)9-11-24(26)25-12-10-23(19-27(25)28)14-16-38(6,7)8/h9-12,18-19,21,28-29H,17,20H2,1-8H3,(H,32,35)(H,33,34)/t29-/m0/s1. The molecule has 0 radical (unpaired) electrons. The number of alkyl carbamates (subject to hydrolysis) is 1. The van der Waals surface area contributed by atoms with Crippen molar-refractivity contribution in [1.29, 1.82) is 0 Å². The summed E-state index contributed by atoms with van der Waals surface area (Å²) in [6, 6.07) is 11.5. The molecule has 200 valence electrons. The molecule has 1 amide bonds. The van der Waals surface area contributed by atoms with Gasteiger partial charge in [-0.15, -0.1) is 11.1 Å². The summed E-state index contributed by atoms with van der Waals surface area (Å²) in [4.78, 5) is 24.3. The molecule has 7 heteroatoms. The second-order valence-electron chi connectivity index (χ2n) is 12.4. The van der Waals surface area contributed by atoms with Crippen molar-refractivity contribution in [3.63, 3.8) is 0 Å². The van der Waals surface area contributed by atoms with Crippen LogP contribution in [0.2, 0.25) is 39.3 Å². The lowest BCUT2D eigenvalue weighted by Crippen LogP contribution is -2.42. The van der Waals surface area contributed by atoms with E-state index >= 15 is 0 Å². The quantitative estimate of drug-likeness (QED) is 0.322. The van der Waals surface area contributed by atoms with Gasteiger partial charge in [0.1, 0.15) is 28.8 Å². The summed E-state index contributed by atoms with van der Waals surface area (Å²) in [5.74, 6) is 5.54. The minimum atomic E-state index is -1.54. The van der Waals surface area contributed by atoms with Crippen LogP contribution in [0.5, 0.6) is 0 Å². The molecule has 38 heavy (non-hydrogen) atoms. The first-order valence-corrected chi connectivity index (χ1v) is 20.1. The first kappa shape index (κ1) is 29.3. The van der Waals surface area contributed by atoms with Crippen LogP contribution >= 0.6 is 0 Å². The van der Waals surface area contributed by atoms with E-state index in [2.05, 4.69) is 91.8 Å². The zero-order chi connectivity index (χ0) is 28.3. The van der Waals surface area contributed by atoms with E-state index in [4.69, 9.17) is 4.74 Å². The molecule has 0 bridgehead atoms. The van der Waals surface area contributed by atoms with Gasteiger partial charge in [-0.1, -0.05) is 77.1 Å². The molecule has 0 heterocycles. The highest BCUT2D eigenvalue weighted by atomic mass is 28.3. The van der Waals surface area contributed by atoms with E-state index in [1.165, 1.54) is 0 Å². The Morgan fingerprint density at radius 1 is 0.895 bits per heavy atom. The summed E-state index contributed by atoms with van der Waals surface area (Å²) in [6.07, 6.45) is -0.394. The van der Waals surface area contributed by atoms with Crippen LogP contribution in [0.25, 0.3) is 11.1 Å². The topological polar surface area (TPSA) is 75.6 Å². The number of hydrogen-bond donors (Lipinski definition) is 2. The van der Waals surface area contributed by atoms with Gasteiger partial charge in [0, 0.05) is 17.0 Å². The Morgan fingerprint density at radius 2 is 1.37 bits per heavy atom. The molecule has 0 spiro atoms. The lowest BCUT2D eigenvalue weighted by atomic mass is 9.96. The number of rotatable bonds is 6. The minimum Gasteiger partial charge on any atom is -0.480 e. The zero-order valence-electron chi connectivity index (χ0n) is 23.8. The second-order valence-corrected chi connectivity index (χ2v) is 21.9. The van der Waals surface area contributed by atoms with Gasteiger partial charge in [0.15, 0.2) is 0 Å². The number of nitrogens with one attached hydrogen (secondary N) is 1. The molecule has 0 saturated carbocycles. The van der Waals surface area contributed by atoms with Gasteiger partial charge in [-0.3, -0.25) is 0 Å². The maximum Gasteiger partial charge on any atom is 0.407 e. The van der Waals surface area contributed by atoms with Gasteiger partial charge < -0.3 is 15.2 Å². The molecule has 2 N–H and O–H groups in total. The third kappa shape index (κ3) is 8.12. The predicted molar refractivity (Wildman–Crippen MR) is 160 cm³/mol. The number of fused-ring (bicyclic) bond motifs is 3. The van der Waals surface area contributed by atoms with E-state index in [0.29, 0.717) is 6.42 Å². The Kier molecular flexibility index (Phi) is 8.97. The fourth-order valence-corrected chi connectivity index (χ4v) is 5.29. The Labute approximate surface area is 229 Å². The number of benzene rings is 2. The van der Waals surface area contributed by atoms with Crippen molar-refractivity contribution in [1.82, 2.24) is 5.32 Å². The third-order valence-corrected chi connectivity index (χ3v) is 7.74. The monoisotopic (exact) mass is 545 g/mol. The summed E-state index contributed by atoms with van der Waals surface area (Å²) in [5, 5.41) is 12.0. The molecule has 5 nitrogen and oxygen atoms in total. The normalized spacial score (nSPS) is 13.4. The molecular weight excluding hydrogens is 507 g/mol. The van der Waals surface area contributed by atoms with Gasteiger partial charge in [0.25, 0.3) is 0 Å². The lowest BCUT2D eigenvalue weighted by molar-refractivity contribution is -0.139. The molecule has 0 saturated heterocycles. The zero-order valence-corrected chi connectivity index (χ0v) is 25.8. The largest absolute Gasteiger partial charge is 0.480 e. The third-order valence-electron chi connectivity index (χ3n) is 5.99. The summed E-state index contributed by atoms with van der Waals surface area (Å²) in [5.41, 5.74) is 13.0. The van der Waals surface area contributed by atoms with Crippen LogP contribution in [-0.4, -0.2) is 46.0 Å². The average Bonchev–Trinajstić information content (AvgIpc) is 3.10. The highest BCUT2D eigenvalue weighted by molar-refractivity contribution is 6.84. The van der Waals surface area contributed by atoms with Crippen LogP contribution < -0.4 is 5.32 Å². The maximum absolute atomic E-state index is 12.6. The molecule has 1 atom stereocenters. The van der Waals surface area contributed by atoms with Gasteiger partial charge in [-0.25, -0.2) is 9.59 Å². The molecule has 0 unspecified atom stereocenters. The second kappa shape index (κ2) is 11.6. The van der Waals surface area contributed by atoms with Crippen molar-refractivity contribution in [2.45, 2.75) is 71.5 Å². The first-order chi connectivity index (χ1) is 17.6. The van der Waals surface area contributed by atoms with Gasteiger partial charge in [-0.2, -0.15) is 0 Å². The summed E-state index contributed by atoms with van der Waals surface area (Å²) in [6.45, 7) is 17.2. The molecular formula is C31H39NO4Si2. The molecule has 2 aromatic carbocycles. The van der Waals surface area contributed by atoms with Gasteiger partial charge in [0.2, 0.25) is 0 Å². The fraction of sp³-hybridized carbons (Fsp3) is 0.419. The number of hydrogen-bond acceptors (Lipinski definition) is 3. The highest BCUT2D eigenvalue weighted by Crippen LogP contribution is 2.45. The van der Waals surface area contributed by atoms with Crippen LogP contribution in [-0.2, 0) is 9.53 Å². The van der Waals surface area contributed by atoms with Crippen molar-refractivity contribution < 1.29 is 19.4 Å². The maximum atomic E-state index is 12.6. The minimum absolute atomic E-state index is 0.0929. The lowest BCUT2D eigenvalue weighted by Gasteiger charge is -2.18. The van der Waals surface area contributed by atoms with Gasteiger partial charge in [0.05, 0.1) is 0 Å². The van der Waals surface area contributed by atoms with Crippen LogP contribution in [0, 0.1) is 28.8 Å². The average molecular weight is 546 g/mol. The van der Waals surface area contributed by atoms with E-state index in [0.717, 1.165) is 33.4 Å². The van der Waals surface area contributed by atoms with E-state index in [1.54, 1.807) is 0 Å². The fourth-order valence-electron chi connectivity index (χ4n) is 4.25. The van der Waals surface area contributed by atoms with Crippen LogP contribution in [0.3, 0.4) is 0 Å². The van der Waals surface area contributed by atoms with Crippen molar-refractivity contribution in [3.8, 4) is 34.1 Å². The van der Waals surface area contributed by atoms with E-state index in [1.807, 2.05) is 26.0 Å². The predicted octanol–water partition coefficient (Wildman–Crippen LogP) is 6.48.